The largest absolute Gasteiger partial charge is 0.348 e. The lowest BCUT2D eigenvalue weighted by Gasteiger charge is -2.08. The predicted octanol–water partition coefficient (Wildman–Crippen LogP) is 2.17. The van der Waals surface area contributed by atoms with Gasteiger partial charge < -0.3 is 9.47 Å². The third-order valence-electron chi connectivity index (χ3n) is 2.02. The van der Waals surface area contributed by atoms with Gasteiger partial charge in [-0.3, -0.25) is 10.0 Å². The van der Waals surface area contributed by atoms with Crippen molar-refractivity contribution in [1.82, 2.24) is 5.48 Å². The van der Waals surface area contributed by atoms with E-state index < -0.39 is 12.2 Å². The molecule has 0 bridgehead atoms. The van der Waals surface area contributed by atoms with E-state index in [1.807, 2.05) is 6.07 Å². The van der Waals surface area contributed by atoms with Crippen molar-refractivity contribution in [3.05, 3.63) is 33.8 Å². The summed E-state index contributed by atoms with van der Waals surface area (Å²) in [4.78, 5) is 10.4. The monoisotopic (exact) mass is 320 g/mol. The molecule has 0 atom stereocenters. The first kappa shape index (κ1) is 18.6. The molecule has 0 fully saturated rings. The molecule has 0 aromatic heterocycles. The molecular formula is C12H14Cl2N2O4. The van der Waals surface area contributed by atoms with Crippen molar-refractivity contribution in [3.8, 4) is 6.07 Å². The number of halogens is 2. The Balaban J connectivity index is 0.000000370. The number of nitrogens with one attached hydrogen (secondary N) is 1. The SMILES string of the molecule is COC(OC)C(=O)NO.N#CCc1ccc(Cl)c(Cl)c1. The van der Waals surface area contributed by atoms with Crippen molar-refractivity contribution >= 4 is 29.1 Å². The minimum absolute atomic E-state index is 0.372. The molecule has 0 saturated heterocycles. The molecule has 6 nitrogen and oxygen atoms in total. The summed E-state index contributed by atoms with van der Waals surface area (Å²) in [6.45, 7) is 0. The lowest BCUT2D eigenvalue weighted by atomic mass is 10.2. The van der Waals surface area contributed by atoms with Crippen LogP contribution in [0, 0.1) is 11.3 Å². The molecule has 0 heterocycles. The maximum Gasteiger partial charge on any atom is 0.300 e. The topological polar surface area (TPSA) is 91.6 Å². The van der Waals surface area contributed by atoms with Gasteiger partial charge in [-0.25, -0.2) is 5.48 Å². The maximum atomic E-state index is 10.4. The summed E-state index contributed by atoms with van der Waals surface area (Å²) >= 11 is 11.4. The van der Waals surface area contributed by atoms with Crippen LogP contribution in [0.1, 0.15) is 5.56 Å². The number of hydrogen-bond donors (Lipinski definition) is 2. The average molecular weight is 321 g/mol. The molecule has 1 aromatic rings. The zero-order chi connectivity index (χ0) is 15.5. The summed E-state index contributed by atoms with van der Waals surface area (Å²) in [5.41, 5.74) is 2.27. The van der Waals surface area contributed by atoms with E-state index in [1.165, 1.54) is 19.7 Å². The molecule has 2 N–H and O–H groups in total. The van der Waals surface area contributed by atoms with Gasteiger partial charge in [-0.1, -0.05) is 29.3 Å². The Labute approximate surface area is 126 Å². The van der Waals surface area contributed by atoms with Crippen molar-refractivity contribution in [1.29, 1.82) is 5.26 Å². The summed E-state index contributed by atoms with van der Waals surface area (Å²) in [5, 5.41) is 17.4. The van der Waals surface area contributed by atoms with Crippen LogP contribution in [0.15, 0.2) is 18.2 Å². The van der Waals surface area contributed by atoms with Crippen LogP contribution in [0.4, 0.5) is 0 Å². The Morgan fingerprint density at radius 2 is 2.00 bits per heavy atom. The van der Waals surface area contributed by atoms with E-state index in [1.54, 1.807) is 18.2 Å². The Morgan fingerprint density at radius 1 is 1.40 bits per heavy atom. The third kappa shape index (κ3) is 6.70. The highest BCUT2D eigenvalue weighted by atomic mass is 35.5. The molecular weight excluding hydrogens is 307 g/mol. The van der Waals surface area contributed by atoms with Gasteiger partial charge in [-0.2, -0.15) is 5.26 Å². The predicted molar refractivity (Wildman–Crippen MR) is 73.5 cm³/mol. The highest BCUT2D eigenvalue weighted by Gasteiger charge is 2.14. The van der Waals surface area contributed by atoms with Gasteiger partial charge in [0.1, 0.15) is 0 Å². The lowest BCUT2D eigenvalue weighted by Crippen LogP contribution is -2.34. The van der Waals surface area contributed by atoms with Gasteiger partial charge in [0.05, 0.1) is 22.5 Å². The minimum Gasteiger partial charge on any atom is -0.348 e. The molecule has 20 heavy (non-hydrogen) atoms. The van der Waals surface area contributed by atoms with Gasteiger partial charge in [0.25, 0.3) is 5.91 Å². The number of methoxy groups -OCH3 is 2. The zero-order valence-corrected chi connectivity index (χ0v) is 12.4. The molecule has 0 aliphatic rings. The quantitative estimate of drug-likeness (QED) is 0.504. The van der Waals surface area contributed by atoms with E-state index in [0.717, 1.165) is 5.56 Å². The van der Waals surface area contributed by atoms with Crippen LogP contribution < -0.4 is 5.48 Å². The highest BCUT2D eigenvalue weighted by molar-refractivity contribution is 6.42. The molecule has 0 spiro atoms. The summed E-state index contributed by atoms with van der Waals surface area (Å²) in [6, 6.07) is 7.21. The van der Waals surface area contributed by atoms with Crippen molar-refractivity contribution in [2.24, 2.45) is 0 Å². The summed E-state index contributed by atoms with van der Waals surface area (Å²) in [5.74, 6) is -0.722. The van der Waals surface area contributed by atoms with Crippen molar-refractivity contribution in [3.63, 3.8) is 0 Å². The molecule has 0 radical (unpaired) electrons. The highest BCUT2D eigenvalue weighted by Crippen LogP contribution is 2.22. The number of ether oxygens (including phenoxy) is 2. The molecule has 0 unspecified atom stereocenters. The van der Waals surface area contributed by atoms with E-state index in [4.69, 9.17) is 33.7 Å². The number of amides is 1. The van der Waals surface area contributed by atoms with Crippen LogP contribution in [0.25, 0.3) is 0 Å². The number of carbonyl (C=O) groups excluding carboxylic acids is 1. The van der Waals surface area contributed by atoms with E-state index in [9.17, 15) is 4.79 Å². The number of rotatable bonds is 4. The van der Waals surface area contributed by atoms with Crippen LogP contribution >= 0.6 is 23.2 Å². The first-order valence-corrected chi connectivity index (χ1v) is 6.06. The number of nitrogens with zero attached hydrogens (tertiary/aromatic N) is 1. The standard InChI is InChI=1S/C8H5Cl2N.C4H9NO4/c9-7-2-1-6(3-4-11)5-8(7)10;1-8-4(9-2)3(6)5-7/h1-2,5H,3H2;4,7H,1-2H3,(H,5,6). The zero-order valence-electron chi connectivity index (χ0n) is 10.9. The maximum absolute atomic E-state index is 10.4. The summed E-state index contributed by atoms with van der Waals surface area (Å²) in [6.07, 6.45) is -0.660. The van der Waals surface area contributed by atoms with Gasteiger partial charge in [0.15, 0.2) is 0 Å². The van der Waals surface area contributed by atoms with Gasteiger partial charge in [0, 0.05) is 14.2 Å². The first-order chi connectivity index (χ1) is 9.49. The fourth-order valence-electron chi connectivity index (χ4n) is 1.10. The van der Waals surface area contributed by atoms with E-state index in [0.29, 0.717) is 16.5 Å². The van der Waals surface area contributed by atoms with Crippen molar-refractivity contribution < 1.29 is 19.5 Å². The summed E-state index contributed by atoms with van der Waals surface area (Å²) < 4.78 is 8.92. The molecule has 0 saturated carbocycles. The van der Waals surface area contributed by atoms with Crippen LogP contribution in [-0.4, -0.2) is 31.6 Å². The second kappa shape index (κ2) is 10.4. The smallest absolute Gasteiger partial charge is 0.300 e. The minimum atomic E-state index is -1.03. The Kier molecular flexibility index (Phi) is 9.72. The first-order valence-electron chi connectivity index (χ1n) is 5.30. The van der Waals surface area contributed by atoms with Gasteiger partial charge in [-0.15, -0.1) is 0 Å². The number of benzene rings is 1. The van der Waals surface area contributed by atoms with E-state index >= 15 is 0 Å². The van der Waals surface area contributed by atoms with Crippen LogP contribution in [-0.2, 0) is 20.7 Å². The van der Waals surface area contributed by atoms with Gasteiger partial charge >= 0.3 is 0 Å². The van der Waals surface area contributed by atoms with Gasteiger partial charge in [0.2, 0.25) is 6.29 Å². The fraction of sp³-hybridized carbons (Fsp3) is 0.333. The van der Waals surface area contributed by atoms with Crippen LogP contribution in [0.5, 0.6) is 0 Å². The number of carbonyl (C=O) groups is 1. The second-order valence-electron chi connectivity index (χ2n) is 3.36. The second-order valence-corrected chi connectivity index (χ2v) is 4.18. The number of nitriles is 1. The normalized spacial score (nSPS) is 9.45. The van der Waals surface area contributed by atoms with E-state index in [2.05, 4.69) is 9.47 Å². The number of hydrogen-bond acceptors (Lipinski definition) is 5. The fourth-order valence-corrected chi connectivity index (χ4v) is 1.42. The third-order valence-corrected chi connectivity index (χ3v) is 2.76. The molecule has 8 heteroatoms. The van der Waals surface area contributed by atoms with Crippen molar-refractivity contribution in [2.45, 2.75) is 12.7 Å². The molecule has 110 valence electrons. The number of hydroxylamine groups is 1. The molecule has 0 aliphatic heterocycles. The summed E-state index contributed by atoms with van der Waals surface area (Å²) in [7, 11) is 2.59. The molecule has 1 aromatic carbocycles. The molecule has 1 amide bonds. The Hall–Kier alpha value is -1.36. The van der Waals surface area contributed by atoms with Crippen LogP contribution in [0.3, 0.4) is 0 Å². The van der Waals surface area contributed by atoms with Crippen LogP contribution in [0.2, 0.25) is 10.0 Å². The molecule has 1 rings (SSSR count). The van der Waals surface area contributed by atoms with Gasteiger partial charge in [-0.05, 0) is 17.7 Å². The lowest BCUT2D eigenvalue weighted by molar-refractivity contribution is -0.167. The molecule has 0 aliphatic carbocycles. The Morgan fingerprint density at radius 3 is 2.35 bits per heavy atom. The Bertz CT molecular complexity index is 473. The van der Waals surface area contributed by atoms with Crippen molar-refractivity contribution in [2.75, 3.05) is 14.2 Å². The van der Waals surface area contributed by atoms with E-state index in [-0.39, 0.29) is 0 Å². The average Bonchev–Trinajstić information content (AvgIpc) is 2.45.